The molecule has 0 saturated heterocycles. The minimum absolute atomic E-state index is 0.00724. The van der Waals surface area contributed by atoms with Gasteiger partial charge >= 0.3 is 0 Å². The highest BCUT2D eigenvalue weighted by atomic mass is 16.2. The van der Waals surface area contributed by atoms with Gasteiger partial charge in [-0.1, -0.05) is 32.9 Å². The van der Waals surface area contributed by atoms with Crippen LogP contribution in [-0.2, 0) is 11.3 Å². The van der Waals surface area contributed by atoms with Gasteiger partial charge in [-0.05, 0) is 36.0 Å². The summed E-state index contributed by atoms with van der Waals surface area (Å²) < 4.78 is 0. The molecule has 22 heavy (non-hydrogen) atoms. The number of benzene rings is 1. The highest BCUT2D eigenvalue weighted by Crippen LogP contribution is 2.31. The molecule has 1 aromatic rings. The third kappa shape index (κ3) is 4.58. The Labute approximate surface area is 132 Å². The highest BCUT2D eigenvalue weighted by molar-refractivity contribution is 5.93. The first kappa shape index (κ1) is 16.5. The van der Waals surface area contributed by atoms with E-state index in [-0.39, 0.29) is 17.2 Å². The molecule has 0 radical (unpaired) electrons. The van der Waals surface area contributed by atoms with E-state index in [1.165, 1.54) is 0 Å². The summed E-state index contributed by atoms with van der Waals surface area (Å²) in [5, 5.41) is 2.61. The monoisotopic (exact) mass is 302 g/mol. The van der Waals surface area contributed by atoms with Crippen LogP contribution < -0.4 is 5.32 Å². The van der Waals surface area contributed by atoms with Crippen molar-refractivity contribution in [2.75, 3.05) is 7.05 Å². The summed E-state index contributed by atoms with van der Waals surface area (Å²) in [5.74, 6) is 0.139. The summed E-state index contributed by atoms with van der Waals surface area (Å²) >= 11 is 0. The zero-order valence-electron chi connectivity index (χ0n) is 14.0. The third-order valence-electron chi connectivity index (χ3n) is 3.79. The second-order valence-electron chi connectivity index (χ2n) is 7.27. The summed E-state index contributed by atoms with van der Waals surface area (Å²) in [7, 11) is 1.62. The Hall–Kier alpha value is -1.84. The van der Waals surface area contributed by atoms with Crippen LogP contribution in [0.15, 0.2) is 24.3 Å². The minimum atomic E-state index is -0.0885. The molecule has 1 saturated carbocycles. The van der Waals surface area contributed by atoms with Crippen molar-refractivity contribution in [3.8, 4) is 0 Å². The Balaban J connectivity index is 2.05. The SMILES string of the molecule is CNC(=O)c1ccc(CN(C(=O)CC(C)(C)C)C2CC2)cc1. The molecule has 2 amide bonds. The van der Waals surface area contributed by atoms with E-state index < -0.39 is 0 Å². The van der Waals surface area contributed by atoms with Crippen LogP contribution in [-0.4, -0.2) is 29.8 Å². The van der Waals surface area contributed by atoms with Crippen LogP contribution in [0.4, 0.5) is 0 Å². The van der Waals surface area contributed by atoms with E-state index in [9.17, 15) is 9.59 Å². The van der Waals surface area contributed by atoms with Crippen molar-refractivity contribution in [1.82, 2.24) is 10.2 Å². The fraction of sp³-hybridized carbons (Fsp3) is 0.556. The number of hydrogen-bond donors (Lipinski definition) is 1. The molecule has 0 bridgehead atoms. The van der Waals surface area contributed by atoms with Crippen molar-refractivity contribution in [3.05, 3.63) is 35.4 Å². The Morgan fingerprint density at radius 2 is 1.77 bits per heavy atom. The maximum atomic E-state index is 12.5. The quantitative estimate of drug-likeness (QED) is 0.909. The van der Waals surface area contributed by atoms with Crippen molar-refractivity contribution < 1.29 is 9.59 Å². The molecule has 2 rings (SSSR count). The van der Waals surface area contributed by atoms with E-state index in [0.717, 1.165) is 18.4 Å². The maximum absolute atomic E-state index is 12.5. The number of amides is 2. The Kier molecular flexibility index (Phi) is 4.89. The minimum Gasteiger partial charge on any atom is -0.355 e. The number of hydrogen-bond acceptors (Lipinski definition) is 2. The topological polar surface area (TPSA) is 49.4 Å². The molecular weight excluding hydrogens is 276 g/mol. The molecule has 0 spiro atoms. The van der Waals surface area contributed by atoms with Crippen LogP contribution in [0.1, 0.15) is 56.0 Å². The summed E-state index contributed by atoms with van der Waals surface area (Å²) in [5.41, 5.74) is 1.72. The number of nitrogens with one attached hydrogen (secondary N) is 1. The van der Waals surface area contributed by atoms with Gasteiger partial charge in [-0.25, -0.2) is 0 Å². The fourth-order valence-corrected chi connectivity index (χ4v) is 2.46. The molecule has 0 atom stereocenters. The van der Waals surface area contributed by atoms with E-state index in [1.807, 2.05) is 29.2 Å². The second-order valence-corrected chi connectivity index (χ2v) is 7.27. The molecule has 120 valence electrons. The van der Waals surface area contributed by atoms with Gasteiger partial charge in [0, 0.05) is 31.6 Å². The number of rotatable bonds is 5. The number of nitrogens with zero attached hydrogens (tertiary/aromatic N) is 1. The summed E-state index contributed by atoms with van der Waals surface area (Å²) in [6, 6.07) is 7.89. The van der Waals surface area contributed by atoms with E-state index in [2.05, 4.69) is 26.1 Å². The number of carbonyl (C=O) groups excluding carboxylic acids is 2. The summed E-state index contributed by atoms with van der Waals surface area (Å²) in [6.07, 6.45) is 2.78. The summed E-state index contributed by atoms with van der Waals surface area (Å²) in [6.45, 7) is 6.91. The molecule has 0 aliphatic heterocycles. The lowest BCUT2D eigenvalue weighted by Crippen LogP contribution is -2.34. The van der Waals surface area contributed by atoms with Crippen LogP contribution in [0.25, 0.3) is 0 Å². The average Bonchev–Trinajstić information content (AvgIpc) is 3.27. The zero-order valence-corrected chi connectivity index (χ0v) is 14.0. The van der Waals surface area contributed by atoms with Crippen molar-refractivity contribution >= 4 is 11.8 Å². The van der Waals surface area contributed by atoms with E-state index in [1.54, 1.807) is 7.05 Å². The lowest BCUT2D eigenvalue weighted by molar-refractivity contribution is -0.134. The van der Waals surface area contributed by atoms with Gasteiger partial charge in [-0.2, -0.15) is 0 Å². The van der Waals surface area contributed by atoms with E-state index in [0.29, 0.717) is 24.6 Å². The molecule has 1 aromatic carbocycles. The smallest absolute Gasteiger partial charge is 0.251 e. The largest absolute Gasteiger partial charge is 0.355 e. The van der Waals surface area contributed by atoms with Gasteiger partial charge in [-0.15, -0.1) is 0 Å². The Morgan fingerprint density at radius 1 is 1.18 bits per heavy atom. The molecule has 1 fully saturated rings. The van der Waals surface area contributed by atoms with Crippen molar-refractivity contribution in [2.24, 2.45) is 5.41 Å². The van der Waals surface area contributed by atoms with Gasteiger partial charge in [-0.3, -0.25) is 9.59 Å². The lowest BCUT2D eigenvalue weighted by Gasteiger charge is -2.27. The van der Waals surface area contributed by atoms with Crippen molar-refractivity contribution in [3.63, 3.8) is 0 Å². The lowest BCUT2D eigenvalue weighted by atomic mass is 9.91. The highest BCUT2D eigenvalue weighted by Gasteiger charge is 2.33. The second kappa shape index (κ2) is 6.51. The molecule has 4 heteroatoms. The molecular formula is C18H26N2O2. The molecule has 0 unspecified atom stereocenters. The average molecular weight is 302 g/mol. The van der Waals surface area contributed by atoms with Gasteiger partial charge in [0.15, 0.2) is 0 Å². The molecule has 1 aliphatic carbocycles. The van der Waals surface area contributed by atoms with Crippen LogP contribution in [0.2, 0.25) is 0 Å². The Bertz CT molecular complexity index is 539. The number of carbonyl (C=O) groups is 2. The van der Waals surface area contributed by atoms with Crippen LogP contribution >= 0.6 is 0 Å². The normalized spacial score (nSPS) is 14.5. The molecule has 0 aromatic heterocycles. The van der Waals surface area contributed by atoms with Gasteiger partial charge in [0.05, 0.1) is 0 Å². The van der Waals surface area contributed by atoms with E-state index >= 15 is 0 Å². The first-order chi connectivity index (χ1) is 10.3. The first-order valence-electron chi connectivity index (χ1n) is 7.90. The van der Waals surface area contributed by atoms with Gasteiger partial charge in [0.1, 0.15) is 0 Å². The predicted octanol–water partition coefficient (Wildman–Crippen LogP) is 2.97. The maximum Gasteiger partial charge on any atom is 0.251 e. The van der Waals surface area contributed by atoms with Crippen molar-refractivity contribution in [2.45, 2.75) is 52.6 Å². The predicted molar refractivity (Wildman–Crippen MR) is 87.5 cm³/mol. The van der Waals surface area contributed by atoms with Crippen LogP contribution in [0.3, 0.4) is 0 Å². The first-order valence-corrected chi connectivity index (χ1v) is 7.90. The van der Waals surface area contributed by atoms with E-state index in [4.69, 9.17) is 0 Å². The van der Waals surface area contributed by atoms with Gasteiger partial charge < -0.3 is 10.2 Å². The summed E-state index contributed by atoms with van der Waals surface area (Å²) in [4.78, 5) is 26.1. The van der Waals surface area contributed by atoms with Gasteiger partial charge in [0.2, 0.25) is 5.91 Å². The third-order valence-corrected chi connectivity index (χ3v) is 3.79. The van der Waals surface area contributed by atoms with Gasteiger partial charge in [0.25, 0.3) is 5.91 Å². The zero-order chi connectivity index (χ0) is 16.3. The Morgan fingerprint density at radius 3 is 2.23 bits per heavy atom. The molecule has 0 heterocycles. The van der Waals surface area contributed by atoms with Crippen molar-refractivity contribution in [1.29, 1.82) is 0 Å². The van der Waals surface area contributed by atoms with Crippen LogP contribution in [0, 0.1) is 5.41 Å². The van der Waals surface area contributed by atoms with Crippen LogP contribution in [0.5, 0.6) is 0 Å². The fourth-order valence-electron chi connectivity index (χ4n) is 2.46. The standard InChI is InChI=1S/C18H26N2O2/c1-18(2,3)11-16(21)20(15-9-10-15)12-13-5-7-14(8-6-13)17(22)19-4/h5-8,15H,9-12H2,1-4H3,(H,19,22). The molecule has 4 nitrogen and oxygen atoms in total. The molecule has 1 aliphatic rings. The molecule has 1 N–H and O–H groups in total.